The van der Waals surface area contributed by atoms with E-state index in [9.17, 15) is 24.6 Å². The van der Waals surface area contributed by atoms with Crippen molar-refractivity contribution in [2.24, 2.45) is 0 Å². The van der Waals surface area contributed by atoms with Gasteiger partial charge in [-0.3, -0.25) is 14.4 Å². The number of carbonyl (C=O) groups is 3. The van der Waals surface area contributed by atoms with Crippen LogP contribution in [0.2, 0.25) is 0 Å². The Bertz CT molecular complexity index is 1140. The number of esters is 2. The molecule has 2 aromatic rings. The van der Waals surface area contributed by atoms with Crippen LogP contribution in [0.4, 0.5) is 0 Å². The number of hydrogen-bond donors (Lipinski definition) is 2. The number of rotatable bonds is 10. The minimum absolute atomic E-state index is 0.00525. The van der Waals surface area contributed by atoms with E-state index in [0.29, 0.717) is 17.4 Å². The fourth-order valence-electron chi connectivity index (χ4n) is 3.50. The van der Waals surface area contributed by atoms with E-state index in [0.717, 1.165) is 0 Å². The van der Waals surface area contributed by atoms with E-state index >= 15 is 0 Å². The molecule has 0 aliphatic rings. The maximum atomic E-state index is 12.3. The third-order valence-electron chi connectivity index (χ3n) is 5.49. The molecule has 0 heterocycles. The predicted octanol–water partition coefficient (Wildman–Crippen LogP) is 4.82. The normalized spacial score (nSPS) is 11.6. The zero-order valence-electron chi connectivity index (χ0n) is 22.5. The van der Waals surface area contributed by atoms with Crippen molar-refractivity contribution in [3.8, 4) is 28.7 Å². The minimum atomic E-state index is -0.587. The van der Waals surface area contributed by atoms with Gasteiger partial charge in [0.2, 0.25) is 0 Å². The lowest BCUT2D eigenvalue weighted by atomic mass is 9.85. The Morgan fingerprint density at radius 3 is 1.68 bits per heavy atom. The molecule has 0 bridgehead atoms. The fourth-order valence-corrected chi connectivity index (χ4v) is 3.50. The highest BCUT2D eigenvalue weighted by Gasteiger charge is 2.24. The number of ether oxygens (including phenoxy) is 4. The Morgan fingerprint density at radius 2 is 1.24 bits per heavy atom. The summed E-state index contributed by atoms with van der Waals surface area (Å²) in [7, 11) is 1.41. The van der Waals surface area contributed by atoms with E-state index in [1.165, 1.54) is 25.3 Å². The Morgan fingerprint density at radius 1 is 0.784 bits per heavy atom. The summed E-state index contributed by atoms with van der Waals surface area (Å²) in [6, 6.07) is 5.86. The van der Waals surface area contributed by atoms with Crippen LogP contribution in [0.25, 0.3) is 0 Å². The number of aromatic hydroxyl groups is 2. The molecule has 0 atom stereocenters. The van der Waals surface area contributed by atoms with Crippen molar-refractivity contribution in [3.05, 3.63) is 41.0 Å². The second-order valence-electron chi connectivity index (χ2n) is 10.6. The molecule has 0 fully saturated rings. The molecule has 202 valence electrons. The van der Waals surface area contributed by atoms with Gasteiger partial charge < -0.3 is 29.2 Å². The lowest BCUT2D eigenvalue weighted by Gasteiger charge is -2.22. The van der Waals surface area contributed by atoms with Crippen LogP contribution in [0, 0.1) is 0 Å². The number of phenols is 2. The minimum Gasteiger partial charge on any atom is -0.507 e. The van der Waals surface area contributed by atoms with Crippen molar-refractivity contribution in [3.63, 3.8) is 0 Å². The van der Waals surface area contributed by atoms with Crippen LogP contribution in [0.15, 0.2) is 24.3 Å². The average Bonchev–Trinajstić information content (AvgIpc) is 2.79. The first-order valence-corrected chi connectivity index (χ1v) is 11.9. The van der Waals surface area contributed by atoms with Gasteiger partial charge in [0.05, 0.1) is 38.7 Å². The van der Waals surface area contributed by atoms with Crippen LogP contribution >= 0.6 is 0 Å². The quantitative estimate of drug-likeness (QED) is 0.198. The van der Waals surface area contributed by atoms with Crippen molar-refractivity contribution in [2.45, 2.75) is 65.2 Å². The summed E-state index contributed by atoms with van der Waals surface area (Å²) in [4.78, 5) is 35.8. The first kappa shape index (κ1) is 29.6. The van der Waals surface area contributed by atoms with Crippen molar-refractivity contribution in [1.82, 2.24) is 0 Å². The molecule has 0 aliphatic carbocycles. The molecule has 0 saturated carbocycles. The summed E-state index contributed by atoms with van der Waals surface area (Å²) in [6.07, 6.45) is 0.363. The van der Waals surface area contributed by atoms with E-state index in [1.807, 2.05) is 41.5 Å². The molecular formula is C28H36O9. The second kappa shape index (κ2) is 12.1. The van der Waals surface area contributed by atoms with E-state index in [2.05, 4.69) is 0 Å². The zero-order chi connectivity index (χ0) is 28.0. The van der Waals surface area contributed by atoms with Gasteiger partial charge in [-0.25, -0.2) is 0 Å². The first-order valence-electron chi connectivity index (χ1n) is 11.9. The molecule has 0 spiro atoms. The van der Waals surface area contributed by atoms with E-state index in [-0.39, 0.29) is 60.4 Å². The van der Waals surface area contributed by atoms with Gasteiger partial charge in [0.1, 0.15) is 17.2 Å². The lowest BCUT2D eigenvalue weighted by Crippen LogP contribution is -2.16. The highest BCUT2D eigenvalue weighted by Crippen LogP contribution is 2.41. The molecule has 2 aromatic carbocycles. The molecule has 2 N–H and O–H groups in total. The average molecular weight is 517 g/mol. The zero-order valence-corrected chi connectivity index (χ0v) is 22.5. The van der Waals surface area contributed by atoms with Gasteiger partial charge in [0.15, 0.2) is 17.8 Å². The molecule has 37 heavy (non-hydrogen) atoms. The highest BCUT2D eigenvalue weighted by molar-refractivity contribution is 5.82. The number of aldehydes is 1. The van der Waals surface area contributed by atoms with Crippen LogP contribution < -0.4 is 14.2 Å². The number of benzene rings is 2. The van der Waals surface area contributed by atoms with E-state index in [4.69, 9.17) is 18.9 Å². The van der Waals surface area contributed by atoms with Crippen molar-refractivity contribution >= 4 is 18.2 Å². The van der Waals surface area contributed by atoms with Gasteiger partial charge in [-0.15, -0.1) is 0 Å². The SMILES string of the molecule is COc1cc(OC(=O)CCOCCC(=O)Oc2cc(C=O)c(O)c(C(C)(C)C)c2)cc(C(C)(C)C)c1O. The van der Waals surface area contributed by atoms with Gasteiger partial charge >= 0.3 is 11.9 Å². The van der Waals surface area contributed by atoms with Crippen LogP contribution in [-0.4, -0.2) is 48.8 Å². The number of methoxy groups -OCH3 is 1. The van der Waals surface area contributed by atoms with Crippen molar-refractivity contribution < 1.29 is 43.5 Å². The maximum absolute atomic E-state index is 12.3. The van der Waals surface area contributed by atoms with Crippen LogP contribution in [0.3, 0.4) is 0 Å². The summed E-state index contributed by atoms with van der Waals surface area (Å²) in [6.45, 7) is 11.4. The third-order valence-corrected chi connectivity index (χ3v) is 5.49. The Balaban J connectivity index is 1.86. The van der Waals surface area contributed by atoms with E-state index < -0.39 is 22.8 Å². The molecular weight excluding hydrogens is 480 g/mol. The Hall–Kier alpha value is -3.59. The fraction of sp³-hybridized carbons (Fsp3) is 0.464. The molecule has 0 radical (unpaired) electrons. The summed E-state index contributed by atoms with van der Waals surface area (Å²) in [5, 5.41) is 20.6. The number of phenolic OH excluding ortho intramolecular Hbond substituents is 2. The predicted molar refractivity (Wildman–Crippen MR) is 137 cm³/mol. The van der Waals surface area contributed by atoms with Crippen molar-refractivity contribution in [2.75, 3.05) is 20.3 Å². The first-order chi connectivity index (χ1) is 17.2. The topological polar surface area (TPSA) is 129 Å². The molecule has 0 aromatic heterocycles. The second-order valence-corrected chi connectivity index (χ2v) is 10.6. The van der Waals surface area contributed by atoms with Crippen LogP contribution in [-0.2, 0) is 25.2 Å². The van der Waals surface area contributed by atoms with Gasteiger partial charge in [-0.05, 0) is 29.0 Å². The lowest BCUT2D eigenvalue weighted by molar-refractivity contribution is -0.136. The third kappa shape index (κ3) is 8.21. The summed E-state index contributed by atoms with van der Waals surface area (Å²) in [5.41, 5.74) is 0.219. The number of hydrogen-bond acceptors (Lipinski definition) is 9. The van der Waals surface area contributed by atoms with Gasteiger partial charge in [0.25, 0.3) is 0 Å². The number of carbonyl (C=O) groups excluding carboxylic acids is 3. The summed E-state index contributed by atoms with van der Waals surface area (Å²) >= 11 is 0. The largest absolute Gasteiger partial charge is 0.507 e. The van der Waals surface area contributed by atoms with Crippen molar-refractivity contribution in [1.29, 1.82) is 0 Å². The standard InChI is InChI=1S/C28H36O9/c1-27(2,3)20-13-18(12-17(16-29)25(20)32)36-23(30)8-10-35-11-9-24(31)37-19-14-21(28(4,5)6)26(33)22(15-19)34-7/h12-16,32-33H,8-11H2,1-7H3. The summed E-state index contributed by atoms with van der Waals surface area (Å²) in [5.74, 6) is -0.685. The summed E-state index contributed by atoms with van der Waals surface area (Å²) < 4.78 is 21.2. The van der Waals surface area contributed by atoms with Gasteiger partial charge in [0, 0.05) is 17.2 Å². The molecule has 0 saturated heterocycles. The molecule has 2 rings (SSSR count). The monoisotopic (exact) mass is 516 g/mol. The van der Waals surface area contributed by atoms with E-state index in [1.54, 1.807) is 6.07 Å². The molecule has 9 nitrogen and oxygen atoms in total. The van der Waals surface area contributed by atoms with Crippen LogP contribution in [0.1, 0.15) is 75.9 Å². The molecule has 9 heteroatoms. The Labute approximate surface area is 217 Å². The molecule has 0 amide bonds. The maximum Gasteiger partial charge on any atom is 0.313 e. The Kier molecular flexibility index (Phi) is 9.69. The van der Waals surface area contributed by atoms with Gasteiger partial charge in [-0.2, -0.15) is 0 Å². The smallest absolute Gasteiger partial charge is 0.313 e. The highest BCUT2D eigenvalue weighted by atomic mass is 16.5. The molecule has 0 unspecified atom stereocenters. The molecule has 0 aliphatic heterocycles. The van der Waals surface area contributed by atoms with Crippen LogP contribution in [0.5, 0.6) is 28.7 Å². The van der Waals surface area contributed by atoms with Gasteiger partial charge in [-0.1, -0.05) is 41.5 Å².